The second-order valence-electron chi connectivity index (χ2n) is 4.75. The van der Waals surface area contributed by atoms with Crippen LogP contribution in [0.3, 0.4) is 0 Å². The first-order valence-corrected chi connectivity index (χ1v) is 6.27. The molecule has 0 aliphatic carbocycles. The Labute approximate surface area is 103 Å². The van der Waals surface area contributed by atoms with E-state index in [2.05, 4.69) is 31.2 Å². The zero-order chi connectivity index (χ0) is 12.1. The summed E-state index contributed by atoms with van der Waals surface area (Å²) in [5.41, 5.74) is 1.23. The molecule has 0 saturated carbocycles. The molecule has 0 unspecified atom stereocenters. The van der Waals surface area contributed by atoms with Gasteiger partial charge in [-0.2, -0.15) is 0 Å². The normalized spacial score (nSPS) is 29.6. The minimum Gasteiger partial charge on any atom is -0.394 e. The van der Waals surface area contributed by atoms with E-state index in [0.29, 0.717) is 5.92 Å². The Morgan fingerprint density at radius 1 is 1.29 bits per heavy atom. The standard InChI is InChI=1S/C15H20O2/c1-12-9-14(10-15(11-16)17-12)8-7-13-5-3-2-4-6-13/h2-8,12,14-16H,9-11H2,1H3/b8-7+/t12-,14+,15+/m1/s1. The van der Waals surface area contributed by atoms with Crippen molar-refractivity contribution in [3.8, 4) is 0 Å². The number of hydrogen-bond donors (Lipinski definition) is 1. The number of hydrogen-bond acceptors (Lipinski definition) is 2. The van der Waals surface area contributed by atoms with Crippen molar-refractivity contribution in [3.05, 3.63) is 42.0 Å². The lowest BCUT2D eigenvalue weighted by atomic mass is 9.91. The molecule has 0 radical (unpaired) electrons. The van der Waals surface area contributed by atoms with Gasteiger partial charge in [-0.3, -0.25) is 0 Å². The number of ether oxygens (including phenoxy) is 1. The van der Waals surface area contributed by atoms with Gasteiger partial charge < -0.3 is 9.84 Å². The van der Waals surface area contributed by atoms with E-state index < -0.39 is 0 Å². The Bertz CT molecular complexity index is 358. The summed E-state index contributed by atoms with van der Waals surface area (Å²) in [4.78, 5) is 0. The highest BCUT2D eigenvalue weighted by Crippen LogP contribution is 2.26. The lowest BCUT2D eigenvalue weighted by Gasteiger charge is -2.31. The van der Waals surface area contributed by atoms with Crippen LogP contribution in [0.25, 0.3) is 6.08 Å². The molecular weight excluding hydrogens is 212 g/mol. The van der Waals surface area contributed by atoms with E-state index in [9.17, 15) is 0 Å². The summed E-state index contributed by atoms with van der Waals surface area (Å²) in [5, 5.41) is 9.16. The number of benzene rings is 1. The summed E-state index contributed by atoms with van der Waals surface area (Å²) in [6, 6.07) is 10.3. The fourth-order valence-corrected chi connectivity index (χ4v) is 2.39. The van der Waals surface area contributed by atoms with Gasteiger partial charge in [0.2, 0.25) is 0 Å². The van der Waals surface area contributed by atoms with E-state index in [1.165, 1.54) is 5.56 Å². The van der Waals surface area contributed by atoms with Crippen LogP contribution in [0.15, 0.2) is 36.4 Å². The van der Waals surface area contributed by atoms with Gasteiger partial charge in [0.15, 0.2) is 0 Å². The maximum absolute atomic E-state index is 9.16. The summed E-state index contributed by atoms with van der Waals surface area (Å²) >= 11 is 0. The van der Waals surface area contributed by atoms with Crippen LogP contribution in [0.2, 0.25) is 0 Å². The third kappa shape index (κ3) is 3.69. The van der Waals surface area contributed by atoms with Crippen LogP contribution in [0.4, 0.5) is 0 Å². The summed E-state index contributed by atoms with van der Waals surface area (Å²) in [7, 11) is 0. The number of aliphatic hydroxyl groups excluding tert-OH is 1. The molecule has 3 atom stereocenters. The highest BCUT2D eigenvalue weighted by Gasteiger charge is 2.24. The molecule has 2 heteroatoms. The molecule has 1 aromatic carbocycles. The topological polar surface area (TPSA) is 29.5 Å². The number of aliphatic hydroxyl groups is 1. The molecule has 17 heavy (non-hydrogen) atoms. The molecule has 1 heterocycles. The predicted octanol–water partition coefficient (Wildman–Crippen LogP) is 2.88. The van der Waals surface area contributed by atoms with E-state index in [1.807, 2.05) is 18.2 Å². The predicted molar refractivity (Wildman–Crippen MR) is 69.6 cm³/mol. The highest BCUT2D eigenvalue weighted by atomic mass is 16.5. The van der Waals surface area contributed by atoms with E-state index >= 15 is 0 Å². The highest BCUT2D eigenvalue weighted by molar-refractivity contribution is 5.49. The molecule has 2 nitrogen and oxygen atoms in total. The van der Waals surface area contributed by atoms with Crippen LogP contribution in [0.1, 0.15) is 25.3 Å². The van der Waals surface area contributed by atoms with Gasteiger partial charge in [0.25, 0.3) is 0 Å². The van der Waals surface area contributed by atoms with Crippen molar-refractivity contribution in [1.29, 1.82) is 0 Å². The molecule has 1 aliphatic rings. The lowest BCUT2D eigenvalue weighted by molar-refractivity contribution is -0.0754. The fraction of sp³-hybridized carbons (Fsp3) is 0.467. The van der Waals surface area contributed by atoms with Gasteiger partial charge in [-0.25, -0.2) is 0 Å². The maximum atomic E-state index is 9.16. The van der Waals surface area contributed by atoms with Crippen LogP contribution in [-0.2, 0) is 4.74 Å². The van der Waals surface area contributed by atoms with Crippen molar-refractivity contribution in [3.63, 3.8) is 0 Å². The first kappa shape index (κ1) is 12.3. The molecule has 1 N–H and O–H groups in total. The van der Waals surface area contributed by atoms with Crippen LogP contribution in [0, 0.1) is 5.92 Å². The van der Waals surface area contributed by atoms with Gasteiger partial charge in [0.05, 0.1) is 18.8 Å². The first-order chi connectivity index (χ1) is 8.28. The Morgan fingerprint density at radius 2 is 2.06 bits per heavy atom. The molecule has 1 fully saturated rings. The van der Waals surface area contributed by atoms with Gasteiger partial charge in [-0.15, -0.1) is 0 Å². The minimum absolute atomic E-state index is 0.00386. The monoisotopic (exact) mass is 232 g/mol. The van der Waals surface area contributed by atoms with Gasteiger partial charge in [0.1, 0.15) is 0 Å². The van der Waals surface area contributed by atoms with E-state index in [1.54, 1.807) is 0 Å². The second-order valence-corrected chi connectivity index (χ2v) is 4.75. The molecule has 0 bridgehead atoms. The third-order valence-electron chi connectivity index (χ3n) is 3.19. The van der Waals surface area contributed by atoms with Crippen molar-refractivity contribution >= 4 is 6.08 Å². The first-order valence-electron chi connectivity index (χ1n) is 6.27. The van der Waals surface area contributed by atoms with Gasteiger partial charge >= 0.3 is 0 Å². The Hall–Kier alpha value is -1.12. The fourth-order valence-electron chi connectivity index (χ4n) is 2.39. The molecular formula is C15H20O2. The number of rotatable bonds is 3. The van der Waals surface area contributed by atoms with Crippen LogP contribution < -0.4 is 0 Å². The summed E-state index contributed by atoms with van der Waals surface area (Å²) in [5.74, 6) is 0.510. The van der Waals surface area contributed by atoms with Crippen LogP contribution in [0.5, 0.6) is 0 Å². The largest absolute Gasteiger partial charge is 0.394 e. The lowest BCUT2D eigenvalue weighted by Crippen LogP contribution is -2.32. The quantitative estimate of drug-likeness (QED) is 0.868. The summed E-state index contributed by atoms with van der Waals surface area (Å²) in [6.07, 6.45) is 6.62. The van der Waals surface area contributed by atoms with Gasteiger partial charge in [0, 0.05) is 0 Å². The Morgan fingerprint density at radius 3 is 2.76 bits per heavy atom. The zero-order valence-corrected chi connectivity index (χ0v) is 10.3. The van der Waals surface area contributed by atoms with E-state index in [4.69, 9.17) is 9.84 Å². The molecule has 1 aromatic rings. The molecule has 0 amide bonds. The zero-order valence-electron chi connectivity index (χ0n) is 10.3. The average molecular weight is 232 g/mol. The SMILES string of the molecule is C[C@@H]1C[C@H](/C=C/c2ccccc2)C[C@@H](CO)O1. The van der Waals surface area contributed by atoms with Crippen molar-refractivity contribution in [2.24, 2.45) is 5.92 Å². The van der Waals surface area contributed by atoms with Crippen LogP contribution in [-0.4, -0.2) is 23.9 Å². The van der Waals surface area contributed by atoms with Crippen molar-refractivity contribution in [1.82, 2.24) is 0 Å². The van der Waals surface area contributed by atoms with Crippen molar-refractivity contribution in [2.75, 3.05) is 6.61 Å². The molecule has 0 aromatic heterocycles. The minimum atomic E-state index is 0.00386. The molecule has 1 aliphatic heterocycles. The van der Waals surface area contributed by atoms with Crippen LogP contribution >= 0.6 is 0 Å². The average Bonchev–Trinajstić information content (AvgIpc) is 2.37. The van der Waals surface area contributed by atoms with Crippen molar-refractivity contribution in [2.45, 2.75) is 32.0 Å². The van der Waals surface area contributed by atoms with E-state index in [-0.39, 0.29) is 18.8 Å². The van der Waals surface area contributed by atoms with Gasteiger partial charge in [-0.05, 0) is 31.2 Å². The molecule has 1 saturated heterocycles. The second kappa shape index (κ2) is 5.99. The molecule has 2 rings (SSSR count). The Balaban J connectivity index is 1.96. The summed E-state index contributed by atoms with van der Waals surface area (Å²) in [6.45, 7) is 2.20. The third-order valence-corrected chi connectivity index (χ3v) is 3.19. The molecule has 0 spiro atoms. The van der Waals surface area contributed by atoms with Crippen molar-refractivity contribution < 1.29 is 9.84 Å². The summed E-state index contributed by atoms with van der Waals surface area (Å²) < 4.78 is 5.63. The smallest absolute Gasteiger partial charge is 0.0815 e. The Kier molecular flexibility index (Phi) is 4.35. The van der Waals surface area contributed by atoms with Gasteiger partial charge in [-0.1, -0.05) is 42.5 Å². The molecule has 92 valence electrons. The van der Waals surface area contributed by atoms with E-state index in [0.717, 1.165) is 12.8 Å². The maximum Gasteiger partial charge on any atom is 0.0815 e. The number of allylic oxidation sites excluding steroid dienone is 1.